The third-order valence-corrected chi connectivity index (χ3v) is 2.51. The molecule has 0 spiro atoms. The molecule has 2 heterocycles. The van der Waals surface area contributed by atoms with Crippen molar-refractivity contribution in [2.45, 2.75) is 0 Å². The van der Waals surface area contributed by atoms with Crippen LogP contribution < -0.4 is 0 Å². The molecule has 2 aromatic heterocycles. The zero-order chi connectivity index (χ0) is 11.5. The molecule has 0 unspecified atom stereocenters. The van der Waals surface area contributed by atoms with Crippen LogP contribution in [0.5, 0.6) is 0 Å². The van der Waals surface area contributed by atoms with E-state index in [2.05, 4.69) is 26.3 Å². The smallest absolute Gasteiger partial charge is 0.198 e. The van der Waals surface area contributed by atoms with Gasteiger partial charge in [0.1, 0.15) is 0 Å². The average Bonchev–Trinajstić information content (AvgIpc) is 2.94. The fraction of sp³-hybridized carbons (Fsp3) is 0. The van der Waals surface area contributed by atoms with Crippen molar-refractivity contribution < 1.29 is 0 Å². The molecule has 0 fully saturated rings. The number of H-pyrrole nitrogens is 1. The van der Waals surface area contributed by atoms with E-state index in [-0.39, 0.29) is 0 Å². The average molecular weight is 221 g/mol. The maximum Gasteiger partial charge on any atom is 0.198 e. The largest absolute Gasteiger partial charge is 0.351 e. The van der Waals surface area contributed by atoms with Crippen LogP contribution in [0.3, 0.4) is 0 Å². The van der Waals surface area contributed by atoms with Crippen LogP contribution >= 0.6 is 0 Å². The van der Waals surface area contributed by atoms with E-state index in [1.54, 1.807) is 12.5 Å². The lowest BCUT2D eigenvalue weighted by atomic mass is 10.0. The Morgan fingerprint density at radius 1 is 1.00 bits per heavy atom. The molecule has 0 amide bonds. The van der Waals surface area contributed by atoms with Gasteiger partial charge in [-0.1, -0.05) is 24.3 Å². The summed E-state index contributed by atoms with van der Waals surface area (Å²) in [5, 5.41) is 0. The SMILES string of the molecule is [c]1nccc(-c2ccccc2-c2c[nH]cn2)n1. The van der Waals surface area contributed by atoms with Crippen LogP contribution in [0.4, 0.5) is 0 Å². The number of rotatable bonds is 2. The Bertz CT molecular complexity index is 602. The number of hydrogen-bond donors (Lipinski definition) is 1. The summed E-state index contributed by atoms with van der Waals surface area (Å²) >= 11 is 0. The summed E-state index contributed by atoms with van der Waals surface area (Å²) < 4.78 is 0. The lowest BCUT2D eigenvalue weighted by Crippen LogP contribution is -1.88. The van der Waals surface area contributed by atoms with E-state index in [4.69, 9.17) is 0 Å². The van der Waals surface area contributed by atoms with Crippen molar-refractivity contribution in [2.24, 2.45) is 0 Å². The van der Waals surface area contributed by atoms with E-state index in [1.165, 1.54) is 0 Å². The van der Waals surface area contributed by atoms with Gasteiger partial charge in [-0.25, -0.2) is 15.0 Å². The van der Waals surface area contributed by atoms with E-state index in [0.717, 1.165) is 22.5 Å². The van der Waals surface area contributed by atoms with E-state index in [1.807, 2.05) is 36.5 Å². The highest BCUT2D eigenvalue weighted by molar-refractivity contribution is 5.79. The molecule has 0 aliphatic carbocycles. The molecule has 1 aromatic carbocycles. The van der Waals surface area contributed by atoms with Gasteiger partial charge in [0.05, 0.1) is 17.7 Å². The van der Waals surface area contributed by atoms with Crippen molar-refractivity contribution in [1.29, 1.82) is 0 Å². The van der Waals surface area contributed by atoms with Crippen molar-refractivity contribution in [3.63, 3.8) is 0 Å². The Morgan fingerprint density at radius 3 is 2.47 bits per heavy atom. The first-order valence-electron chi connectivity index (χ1n) is 5.23. The van der Waals surface area contributed by atoms with E-state index >= 15 is 0 Å². The van der Waals surface area contributed by atoms with Gasteiger partial charge in [-0.3, -0.25) is 0 Å². The Morgan fingerprint density at radius 2 is 1.82 bits per heavy atom. The number of aromatic amines is 1. The first kappa shape index (κ1) is 9.72. The third kappa shape index (κ3) is 1.80. The van der Waals surface area contributed by atoms with E-state index in [0.29, 0.717) is 0 Å². The molecule has 0 bridgehead atoms. The van der Waals surface area contributed by atoms with E-state index < -0.39 is 0 Å². The van der Waals surface area contributed by atoms with Gasteiger partial charge >= 0.3 is 0 Å². The number of hydrogen-bond acceptors (Lipinski definition) is 3. The van der Waals surface area contributed by atoms with Crippen LogP contribution in [-0.2, 0) is 0 Å². The first-order chi connectivity index (χ1) is 8.45. The second-order valence-electron chi connectivity index (χ2n) is 3.54. The van der Waals surface area contributed by atoms with Crippen LogP contribution in [0.25, 0.3) is 22.5 Å². The quantitative estimate of drug-likeness (QED) is 0.722. The van der Waals surface area contributed by atoms with Gasteiger partial charge in [0, 0.05) is 23.5 Å². The van der Waals surface area contributed by atoms with Crippen LogP contribution in [-0.4, -0.2) is 19.9 Å². The standard InChI is InChI=1S/C13H9N4/c1-2-4-11(13-7-15-9-17-13)10(3-1)12-5-6-14-8-16-12/h1-7,9H,(H,15,17). The molecule has 3 rings (SSSR count). The predicted molar refractivity (Wildman–Crippen MR) is 63.9 cm³/mol. The molecule has 0 aliphatic heterocycles. The van der Waals surface area contributed by atoms with Gasteiger partial charge in [-0.15, -0.1) is 0 Å². The molecule has 0 atom stereocenters. The van der Waals surface area contributed by atoms with Gasteiger partial charge in [-0.05, 0) is 6.07 Å². The summed E-state index contributed by atoms with van der Waals surface area (Å²) in [5.41, 5.74) is 3.82. The summed E-state index contributed by atoms with van der Waals surface area (Å²) in [7, 11) is 0. The summed E-state index contributed by atoms with van der Waals surface area (Å²) in [5.74, 6) is 0. The molecule has 17 heavy (non-hydrogen) atoms. The molecule has 0 saturated carbocycles. The highest BCUT2D eigenvalue weighted by atomic mass is 14.9. The minimum Gasteiger partial charge on any atom is -0.351 e. The zero-order valence-corrected chi connectivity index (χ0v) is 8.96. The number of imidazole rings is 1. The van der Waals surface area contributed by atoms with Crippen molar-refractivity contribution >= 4 is 0 Å². The van der Waals surface area contributed by atoms with Crippen LogP contribution in [0, 0.1) is 6.33 Å². The fourth-order valence-electron chi connectivity index (χ4n) is 1.75. The summed E-state index contributed by atoms with van der Waals surface area (Å²) in [6.45, 7) is 0. The molecule has 81 valence electrons. The third-order valence-electron chi connectivity index (χ3n) is 2.51. The van der Waals surface area contributed by atoms with Crippen molar-refractivity contribution in [3.8, 4) is 22.5 Å². The molecule has 4 heteroatoms. The van der Waals surface area contributed by atoms with Crippen molar-refractivity contribution in [3.05, 3.63) is 55.4 Å². The van der Waals surface area contributed by atoms with Gasteiger partial charge < -0.3 is 4.98 Å². The zero-order valence-electron chi connectivity index (χ0n) is 8.96. The van der Waals surface area contributed by atoms with Crippen LogP contribution in [0.15, 0.2) is 49.1 Å². The Balaban J connectivity index is 2.18. The van der Waals surface area contributed by atoms with Crippen LogP contribution in [0.2, 0.25) is 0 Å². The molecule has 0 saturated heterocycles. The molecule has 1 N–H and O–H groups in total. The summed E-state index contributed by atoms with van der Waals surface area (Å²) in [6, 6.07) is 9.86. The monoisotopic (exact) mass is 221 g/mol. The van der Waals surface area contributed by atoms with Gasteiger partial charge in [-0.2, -0.15) is 0 Å². The minimum atomic E-state index is 0.846. The maximum absolute atomic E-state index is 4.26. The first-order valence-corrected chi connectivity index (χ1v) is 5.23. The second kappa shape index (κ2) is 4.17. The second-order valence-corrected chi connectivity index (χ2v) is 3.54. The molecular formula is C13H9N4. The Labute approximate surface area is 98.4 Å². The number of benzene rings is 1. The van der Waals surface area contributed by atoms with Gasteiger partial charge in [0.2, 0.25) is 0 Å². The topological polar surface area (TPSA) is 54.5 Å². The molecular weight excluding hydrogens is 212 g/mol. The Kier molecular flexibility index (Phi) is 2.38. The lowest BCUT2D eigenvalue weighted by Gasteiger charge is -2.05. The number of aromatic nitrogens is 4. The van der Waals surface area contributed by atoms with Gasteiger partial charge in [0.15, 0.2) is 6.33 Å². The van der Waals surface area contributed by atoms with Crippen LogP contribution in [0.1, 0.15) is 0 Å². The maximum atomic E-state index is 4.26. The molecule has 1 radical (unpaired) electrons. The normalized spacial score (nSPS) is 10.4. The number of nitrogens with zero attached hydrogens (tertiary/aromatic N) is 3. The highest BCUT2D eigenvalue weighted by Crippen LogP contribution is 2.28. The molecule has 4 nitrogen and oxygen atoms in total. The summed E-state index contributed by atoms with van der Waals surface area (Å²) in [6.07, 6.45) is 7.82. The Hall–Kier alpha value is -2.49. The van der Waals surface area contributed by atoms with Gasteiger partial charge in [0.25, 0.3) is 0 Å². The van der Waals surface area contributed by atoms with E-state index in [9.17, 15) is 0 Å². The fourth-order valence-corrected chi connectivity index (χ4v) is 1.75. The number of nitrogens with one attached hydrogen (secondary N) is 1. The molecule has 3 aromatic rings. The van der Waals surface area contributed by atoms with Crippen molar-refractivity contribution in [1.82, 2.24) is 19.9 Å². The summed E-state index contributed by atoms with van der Waals surface area (Å²) in [4.78, 5) is 15.2. The highest BCUT2D eigenvalue weighted by Gasteiger charge is 2.08. The minimum absolute atomic E-state index is 0.846. The molecule has 0 aliphatic rings. The lowest BCUT2D eigenvalue weighted by molar-refractivity contribution is 1.15. The predicted octanol–water partition coefficient (Wildman–Crippen LogP) is 2.33. The van der Waals surface area contributed by atoms with Crippen molar-refractivity contribution in [2.75, 3.05) is 0 Å².